The molecule has 6 heteroatoms. The van der Waals surface area contributed by atoms with Gasteiger partial charge in [-0.05, 0) is 29.7 Å². The molecule has 19 heavy (non-hydrogen) atoms. The highest BCUT2D eigenvalue weighted by Gasteiger charge is 2.32. The van der Waals surface area contributed by atoms with Crippen LogP contribution in [0.25, 0.3) is 0 Å². The van der Waals surface area contributed by atoms with Crippen LogP contribution in [0.3, 0.4) is 0 Å². The summed E-state index contributed by atoms with van der Waals surface area (Å²) in [4.78, 5) is 1.95. The maximum atomic E-state index is 13.2. The maximum absolute atomic E-state index is 13.2. The SMILES string of the molecule is CC1CN(Cc2cc(F)cc(C(F)(F)F)c2)CC1N. The van der Waals surface area contributed by atoms with Gasteiger partial charge < -0.3 is 5.73 Å². The van der Waals surface area contributed by atoms with Gasteiger partial charge in [0, 0.05) is 25.7 Å². The number of nitrogens with zero attached hydrogens (tertiary/aromatic N) is 1. The summed E-state index contributed by atoms with van der Waals surface area (Å²) in [7, 11) is 0. The zero-order valence-corrected chi connectivity index (χ0v) is 10.5. The van der Waals surface area contributed by atoms with Crippen molar-refractivity contribution in [2.24, 2.45) is 11.7 Å². The fraction of sp³-hybridized carbons (Fsp3) is 0.538. The fourth-order valence-electron chi connectivity index (χ4n) is 2.39. The van der Waals surface area contributed by atoms with Gasteiger partial charge in [0.15, 0.2) is 0 Å². The first-order chi connectivity index (χ1) is 8.75. The van der Waals surface area contributed by atoms with Gasteiger partial charge in [-0.3, -0.25) is 4.90 Å². The Bertz CT molecular complexity index is 448. The van der Waals surface area contributed by atoms with Crippen molar-refractivity contribution in [3.05, 3.63) is 35.1 Å². The van der Waals surface area contributed by atoms with E-state index in [2.05, 4.69) is 0 Å². The van der Waals surface area contributed by atoms with E-state index < -0.39 is 17.6 Å². The van der Waals surface area contributed by atoms with Crippen LogP contribution in [0, 0.1) is 11.7 Å². The van der Waals surface area contributed by atoms with Gasteiger partial charge in [-0.2, -0.15) is 13.2 Å². The van der Waals surface area contributed by atoms with Gasteiger partial charge in [-0.15, -0.1) is 0 Å². The number of hydrogen-bond acceptors (Lipinski definition) is 2. The summed E-state index contributed by atoms with van der Waals surface area (Å²) in [5.74, 6) is -0.558. The molecule has 1 heterocycles. The fourth-order valence-corrected chi connectivity index (χ4v) is 2.39. The van der Waals surface area contributed by atoms with Crippen LogP contribution in [0.2, 0.25) is 0 Å². The highest BCUT2D eigenvalue weighted by atomic mass is 19.4. The third-order valence-corrected chi connectivity index (χ3v) is 3.44. The minimum atomic E-state index is -4.52. The first-order valence-electron chi connectivity index (χ1n) is 6.10. The molecule has 0 aliphatic carbocycles. The van der Waals surface area contributed by atoms with Crippen LogP contribution in [0.15, 0.2) is 18.2 Å². The lowest BCUT2D eigenvalue weighted by molar-refractivity contribution is -0.137. The van der Waals surface area contributed by atoms with Gasteiger partial charge in [0.1, 0.15) is 5.82 Å². The largest absolute Gasteiger partial charge is 0.416 e. The van der Waals surface area contributed by atoms with Crippen LogP contribution in [0.4, 0.5) is 17.6 Å². The van der Waals surface area contributed by atoms with Gasteiger partial charge in [0.2, 0.25) is 0 Å². The molecule has 0 aromatic heterocycles. The zero-order chi connectivity index (χ0) is 14.2. The predicted molar refractivity (Wildman–Crippen MR) is 63.8 cm³/mol. The van der Waals surface area contributed by atoms with Crippen LogP contribution >= 0.6 is 0 Å². The molecule has 2 N–H and O–H groups in total. The lowest BCUT2D eigenvalue weighted by Crippen LogP contribution is -2.28. The number of likely N-dealkylation sites (tertiary alicyclic amines) is 1. The number of rotatable bonds is 2. The Labute approximate surface area is 109 Å². The molecule has 1 aromatic carbocycles. The molecule has 0 saturated carbocycles. The van der Waals surface area contributed by atoms with E-state index in [1.54, 1.807) is 0 Å². The standard InChI is InChI=1S/C13H16F4N2/c1-8-5-19(7-12(8)18)6-9-2-10(13(15,16)17)4-11(14)3-9/h2-4,8,12H,5-7,18H2,1H3. The molecular weight excluding hydrogens is 260 g/mol. The van der Waals surface area contributed by atoms with E-state index in [1.807, 2.05) is 11.8 Å². The predicted octanol–water partition coefficient (Wildman–Crippen LogP) is 2.62. The Kier molecular flexibility index (Phi) is 3.82. The summed E-state index contributed by atoms with van der Waals surface area (Å²) in [6.07, 6.45) is -4.52. The minimum absolute atomic E-state index is 0.0237. The van der Waals surface area contributed by atoms with Gasteiger partial charge in [-0.1, -0.05) is 6.92 Å². The van der Waals surface area contributed by atoms with Crippen molar-refractivity contribution in [2.45, 2.75) is 25.7 Å². The van der Waals surface area contributed by atoms with Crippen LogP contribution in [-0.4, -0.2) is 24.0 Å². The van der Waals surface area contributed by atoms with Crippen molar-refractivity contribution < 1.29 is 17.6 Å². The van der Waals surface area contributed by atoms with Crippen molar-refractivity contribution in [3.8, 4) is 0 Å². The van der Waals surface area contributed by atoms with E-state index in [4.69, 9.17) is 5.73 Å². The summed E-state index contributed by atoms with van der Waals surface area (Å²) in [5, 5.41) is 0. The molecule has 1 aliphatic heterocycles. The van der Waals surface area contributed by atoms with Crippen LogP contribution < -0.4 is 5.73 Å². The molecule has 1 fully saturated rings. The van der Waals surface area contributed by atoms with Crippen molar-refractivity contribution in [3.63, 3.8) is 0 Å². The van der Waals surface area contributed by atoms with Crippen molar-refractivity contribution in [2.75, 3.05) is 13.1 Å². The Hall–Kier alpha value is -1.14. The molecule has 0 amide bonds. The average molecular weight is 276 g/mol. The monoisotopic (exact) mass is 276 g/mol. The van der Waals surface area contributed by atoms with Crippen LogP contribution in [-0.2, 0) is 12.7 Å². The molecule has 0 spiro atoms. The van der Waals surface area contributed by atoms with E-state index in [0.29, 0.717) is 30.6 Å². The quantitative estimate of drug-likeness (QED) is 0.841. The molecule has 1 aliphatic rings. The lowest BCUT2D eigenvalue weighted by atomic mass is 10.1. The summed E-state index contributed by atoms with van der Waals surface area (Å²) < 4.78 is 51.0. The lowest BCUT2D eigenvalue weighted by Gasteiger charge is -2.16. The highest BCUT2D eigenvalue weighted by molar-refractivity contribution is 5.27. The topological polar surface area (TPSA) is 29.3 Å². The second kappa shape index (κ2) is 5.09. The molecule has 1 aromatic rings. The zero-order valence-electron chi connectivity index (χ0n) is 10.5. The first-order valence-corrected chi connectivity index (χ1v) is 6.10. The smallest absolute Gasteiger partial charge is 0.326 e. The van der Waals surface area contributed by atoms with Gasteiger partial charge in [0.05, 0.1) is 5.56 Å². The molecule has 106 valence electrons. The molecule has 0 bridgehead atoms. The number of nitrogens with two attached hydrogens (primary N) is 1. The second-order valence-electron chi connectivity index (χ2n) is 5.18. The maximum Gasteiger partial charge on any atom is 0.416 e. The molecule has 2 rings (SSSR count). The average Bonchev–Trinajstić information content (AvgIpc) is 2.55. The number of benzene rings is 1. The van der Waals surface area contributed by atoms with Crippen molar-refractivity contribution in [1.29, 1.82) is 0 Å². The summed E-state index contributed by atoms with van der Waals surface area (Å²) in [5.41, 5.74) is 5.24. The van der Waals surface area contributed by atoms with Gasteiger partial charge >= 0.3 is 6.18 Å². The third kappa shape index (κ3) is 3.45. The van der Waals surface area contributed by atoms with Crippen LogP contribution in [0.5, 0.6) is 0 Å². The normalized spacial score (nSPS) is 24.9. The molecule has 1 saturated heterocycles. The molecule has 0 radical (unpaired) electrons. The Morgan fingerprint density at radius 2 is 1.95 bits per heavy atom. The van der Waals surface area contributed by atoms with E-state index >= 15 is 0 Å². The van der Waals surface area contributed by atoms with Gasteiger partial charge in [0.25, 0.3) is 0 Å². The minimum Gasteiger partial charge on any atom is -0.326 e. The molecule has 2 unspecified atom stereocenters. The van der Waals surface area contributed by atoms with Crippen molar-refractivity contribution in [1.82, 2.24) is 4.90 Å². The van der Waals surface area contributed by atoms with E-state index in [1.165, 1.54) is 0 Å². The van der Waals surface area contributed by atoms with E-state index in [-0.39, 0.29) is 6.04 Å². The summed E-state index contributed by atoms with van der Waals surface area (Å²) in [6, 6.07) is 2.68. The highest BCUT2D eigenvalue weighted by Crippen LogP contribution is 2.31. The molecule has 2 nitrogen and oxygen atoms in total. The second-order valence-corrected chi connectivity index (χ2v) is 5.18. The Morgan fingerprint density at radius 3 is 2.47 bits per heavy atom. The van der Waals surface area contributed by atoms with E-state index in [0.717, 1.165) is 18.7 Å². The first kappa shape index (κ1) is 14.3. The third-order valence-electron chi connectivity index (χ3n) is 3.44. The van der Waals surface area contributed by atoms with Gasteiger partial charge in [-0.25, -0.2) is 4.39 Å². The van der Waals surface area contributed by atoms with Crippen LogP contribution in [0.1, 0.15) is 18.1 Å². The number of hydrogen-bond donors (Lipinski definition) is 1. The molecule has 2 atom stereocenters. The van der Waals surface area contributed by atoms with E-state index in [9.17, 15) is 17.6 Å². The Balaban J connectivity index is 2.15. The number of alkyl halides is 3. The molecular formula is C13H16F4N2. The Morgan fingerprint density at radius 1 is 1.26 bits per heavy atom. The number of halogens is 4. The van der Waals surface area contributed by atoms with Crippen molar-refractivity contribution >= 4 is 0 Å². The summed E-state index contributed by atoms with van der Waals surface area (Å²) in [6.45, 7) is 3.63. The summed E-state index contributed by atoms with van der Waals surface area (Å²) >= 11 is 0.